The van der Waals surface area contributed by atoms with Gasteiger partial charge in [0.05, 0.1) is 23.5 Å². The lowest BCUT2D eigenvalue weighted by molar-refractivity contribution is 0.0526. The number of carbonyl (C=O) groups is 1. The molecule has 0 aromatic heterocycles. The van der Waals surface area contributed by atoms with Crippen LogP contribution in [0.15, 0.2) is 18.2 Å². The van der Waals surface area contributed by atoms with Gasteiger partial charge < -0.3 is 15.8 Å². The number of benzene rings is 1. The second kappa shape index (κ2) is 6.16. The number of ether oxygens (including phenoxy) is 1. The maximum atomic E-state index is 11.6. The number of anilines is 2. The number of rotatable bonds is 7. The zero-order valence-corrected chi connectivity index (χ0v) is 12.4. The predicted molar refractivity (Wildman–Crippen MR) is 81.9 cm³/mol. The summed E-state index contributed by atoms with van der Waals surface area (Å²) in [5.74, 6) is -0.324. The molecule has 0 heterocycles. The number of hydrogen-bond acceptors (Lipinski definition) is 4. The summed E-state index contributed by atoms with van der Waals surface area (Å²) in [6.45, 7) is 5.35. The largest absolute Gasteiger partial charge is 0.462 e. The number of carbonyl (C=O) groups excluding carboxylic acids is 1. The van der Waals surface area contributed by atoms with E-state index in [2.05, 4.69) is 12.2 Å². The van der Waals surface area contributed by atoms with E-state index in [4.69, 9.17) is 10.5 Å². The van der Waals surface area contributed by atoms with Gasteiger partial charge in [-0.2, -0.15) is 0 Å². The number of hydrogen-bond donors (Lipinski definition) is 2. The molecule has 0 bridgehead atoms. The molecular weight excluding hydrogens is 252 g/mol. The fraction of sp³-hybridized carbons (Fsp3) is 0.562. The highest BCUT2D eigenvalue weighted by Gasteiger charge is 2.41. The minimum atomic E-state index is -0.324. The monoisotopic (exact) mass is 276 g/mol. The standard InChI is InChI=1S/C16H24N2O2/c1-3-7-16(8-9-16)11-18-14-6-5-12(10-13(14)17)15(19)20-4-2/h5-6,10,18H,3-4,7-9,11,17H2,1-2H3. The highest BCUT2D eigenvalue weighted by atomic mass is 16.5. The molecule has 1 aromatic rings. The minimum absolute atomic E-state index is 0.324. The van der Waals surface area contributed by atoms with Gasteiger partial charge in [-0.1, -0.05) is 13.3 Å². The first kappa shape index (κ1) is 14.7. The lowest BCUT2D eigenvalue weighted by atomic mass is 10.0. The first-order valence-electron chi connectivity index (χ1n) is 7.41. The Balaban J connectivity index is 1.98. The summed E-state index contributed by atoms with van der Waals surface area (Å²) in [6, 6.07) is 5.30. The SMILES string of the molecule is CCCC1(CNc2ccc(C(=O)OCC)cc2N)CC1. The Morgan fingerprint density at radius 2 is 2.15 bits per heavy atom. The van der Waals surface area contributed by atoms with Gasteiger partial charge in [0.2, 0.25) is 0 Å². The smallest absolute Gasteiger partial charge is 0.338 e. The molecule has 1 saturated carbocycles. The molecule has 4 heteroatoms. The average Bonchev–Trinajstić information content (AvgIpc) is 3.18. The van der Waals surface area contributed by atoms with E-state index in [1.165, 1.54) is 25.7 Å². The highest BCUT2D eigenvalue weighted by molar-refractivity contribution is 5.91. The van der Waals surface area contributed by atoms with Crippen molar-refractivity contribution in [3.05, 3.63) is 23.8 Å². The fourth-order valence-corrected chi connectivity index (χ4v) is 2.57. The van der Waals surface area contributed by atoms with Gasteiger partial charge in [0.15, 0.2) is 0 Å². The summed E-state index contributed by atoms with van der Waals surface area (Å²) >= 11 is 0. The molecule has 0 radical (unpaired) electrons. The number of nitrogens with two attached hydrogens (primary N) is 1. The van der Waals surface area contributed by atoms with E-state index >= 15 is 0 Å². The van der Waals surface area contributed by atoms with Crippen molar-refractivity contribution in [2.24, 2.45) is 5.41 Å². The van der Waals surface area contributed by atoms with Crippen molar-refractivity contribution < 1.29 is 9.53 Å². The molecular formula is C16H24N2O2. The Hall–Kier alpha value is -1.71. The van der Waals surface area contributed by atoms with Crippen molar-refractivity contribution >= 4 is 17.3 Å². The zero-order valence-electron chi connectivity index (χ0n) is 12.4. The van der Waals surface area contributed by atoms with Crippen LogP contribution in [0.5, 0.6) is 0 Å². The molecule has 1 aromatic carbocycles. The zero-order chi connectivity index (χ0) is 14.6. The van der Waals surface area contributed by atoms with Crippen molar-refractivity contribution in [1.82, 2.24) is 0 Å². The quantitative estimate of drug-likeness (QED) is 0.591. The molecule has 2 rings (SSSR count). The Kier molecular flexibility index (Phi) is 4.53. The number of nitrogens with one attached hydrogen (secondary N) is 1. The first-order chi connectivity index (χ1) is 9.60. The van der Waals surface area contributed by atoms with Gasteiger partial charge in [-0.15, -0.1) is 0 Å². The Labute approximate surface area is 120 Å². The van der Waals surface area contributed by atoms with Crippen LogP contribution < -0.4 is 11.1 Å². The molecule has 20 heavy (non-hydrogen) atoms. The van der Waals surface area contributed by atoms with E-state index in [1.807, 2.05) is 6.07 Å². The normalized spacial score (nSPS) is 15.7. The van der Waals surface area contributed by atoms with E-state index in [0.29, 0.717) is 23.3 Å². The Bertz CT molecular complexity index is 481. The van der Waals surface area contributed by atoms with Crippen LogP contribution in [0.4, 0.5) is 11.4 Å². The van der Waals surface area contributed by atoms with Crippen LogP contribution in [-0.4, -0.2) is 19.1 Å². The van der Waals surface area contributed by atoms with Crippen molar-refractivity contribution in [2.45, 2.75) is 39.5 Å². The van der Waals surface area contributed by atoms with Crippen LogP contribution in [0.3, 0.4) is 0 Å². The summed E-state index contributed by atoms with van der Waals surface area (Å²) in [5, 5.41) is 3.42. The molecule has 1 aliphatic carbocycles. The maximum absolute atomic E-state index is 11.6. The summed E-state index contributed by atoms with van der Waals surface area (Å²) < 4.78 is 4.96. The van der Waals surface area contributed by atoms with Crippen LogP contribution in [0.2, 0.25) is 0 Å². The molecule has 3 N–H and O–H groups in total. The van der Waals surface area contributed by atoms with Gasteiger partial charge in [-0.25, -0.2) is 4.79 Å². The van der Waals surface area contributed by atoms with Gasteiger partial charge >= 0.3 is 5.97 Å². The second-order valence-electron chi connectivity index (χ2n) is 5.63. The first-order valence-corrected chi connectivity index (χ1v) is 7.41. The van der Waals surface area contributed by atoms with Gasteiger partial charge in [-0.3, -0.25) is 0 Å². The molecule has 0 atom stereocenters. The van der Waals surface area contributed by atoms with Crippen LogP contribution in [0.25, 0.3) is 0 Å². The molecule has 0 unspecified atom stereocenters. The van der Waals surface area contributed by atoms with Gasteiger partial charge in [-0.05, 0) is 49.8 Å². The molecule has 110 valence electrons. The number of nitrogen functional groups attached to an aromatic ring is 1. The second-order valence-corrected chi connectivity index (χ2v) is 5.63. The maximum Gasteiger partial charge on any atom is 0.338 e. The third kappa shape index (κ3) is 3.44. The van der Waals surface area contributed by atoms with Gasteiger partial charge in [0.25, 0.3) is 0 Å². The summed E-state index contributed by atoms with van der Waals surface area (Å²) in [6.07, 6.45) is 5.09. The molecule has 1 aliphatic rings. The van der Waals surface area contributed by atoms with Gasteiger partial charge in [0.1, 0.15) is 0 Å². The molecule has 0 spiro atoms. The molecule has 0 aliphatic heterocycles. The fourth-order valence-electron chi connectivity index (χ4n) is 2.57. The Morgan fingerprint density at radius 1 is 1.40 bits per heavy atom. The molecule has 4 nitrogen and oxygen atoms in total. The van der Waals surface area contributed by atoms with Crippen LogP contribution in [0, 0.1) is 5.41 Å². The lowest BCUT2D eigenvalue weighted by Crippen LogP contribution is -2.16. The third-order valence-electron chi connectivity index (χ3n) is 3.95. The van der Waals surface area contributed by atoms with E-state index in [1.54, 1.807) is 19.1 Å². The predicted octanol–water partition coefficient (Wildman–Crippen LogP) is 3.44. The minimum Gasteiger partial charge on any atom is -0.462 e. The van der Waals surface area contributed by atoms with Crippen molar-refractivity contribution in [1.29, 1.82) is 0 Å². The van der Waals surface area contributed by atoms with E-state index in [9.17, 15) is 4.79 Å². The van der Waals surface area contributed by atoms with E-state index < -0.39 is 0 Å². The summed E-state index contributed by atoms with van der Waals surface area (Å²) in [7, 11) is 0. The van der Waals surface area contributed by atoms with Crippen LogP contribution in [0.1, 0.15) is 49.9 Å². The molecule has 0 saturated heterocycles. The highest BCUT2D eigenvalue weighted by Crippen LogP contribution is 2.49. The molecule has 0 amide bonds. The van der Waals surface area contributed by atoms with E-state index in [-0.39, 0.29) is 5.97 Å². The van der Waals surface area contributed by atoms with Crippen molar-refractivity contribution in [3.8, 4) is 0 Å². The van der Waals surface area contributed by atoms with Crippen LogP contribution in [-0.2, 0) is 4.74 Å². The van der Waals surface area contributed by atoms with Gasteiger partial charge in [0, 0.05) is 6.54 Å². The van der Waals surface area contributed by atoms with E-state index in [0.717, 1.165) is 12.2 Å². The summed E-state index contributed by atoms with van der Waals surface area (Å²) in [4.78, 5) is 11.6. The molecule has 1 fully saturated rings. The lowest BCUT2D eigenvalue weighted by Gasteiger charge is -2.17. The third-order valence-corrected chi connectivity index (χ3v) is 3.95. The van der Waals surface area contributed by atoms with Crippen LogP contribution >= 0.6 is 0 Å². The summed E-state index contributed by atoms with van der Waals surface area (Å²) in [5.41, 5.74) is 8.49. The topological polar surface area (TPSA) is 64.3 Å². The number of esters is 1. The van der Waals surface area contributed by atoms with Crippen molar-refractivity contribution in [3.63, 3.8) is 0 Å². The average molecular weight is 276 g/mol. The van der Waals surface area contributed by atoms with Crippen molar-refractivity contribution in [2.75, 3.05) is 24.2 Å². The Morgan fingerprint density at radius 3 is 2.70 bits per heavy atom.